The minimum absolute atomic E-state index is 0.190. The third-order valence-electron chi connectivity index (χ3n) is 3.44. The molecule has 1 aromatic carbocycles. The Morgan fingerprint density at radius 1 is 1.15 bits per heavy atom. The van der Waals surface area contributed by atoms with Gasteiger partial charge in [-0.1, -0.05) is 31.2 Å². The average molecular weight is 269 g/mol. The van der Waals surface area contributed by atoms with Crippen LogP contribution >= 0.6 is 0 Å². The molecule has 2 rings (SSSR count). The van der Waals surface area contributed by atoms with Crippen molar-refractivity contribution in [2.75, 3.05) is 0 Å². The quantitative estimate of drug-likeness (QED) is 0.660. The van der Waals surface area contributed by atoms with Crippen LogP contribution in [0, 0.1) is 5.41 Å². The van der Waals surface area contributed by atoms with Crippen LogP contribution in [0.15, 0.2) is 41.2 Å². The van der Waals surface area contributed by atoms with E-state index in [-0.39, 0.29) is 17.0 Å². The lowest BCUT2D eigenvalue weighted by atomic mass is 10.1. The number of hydrogen-bond acceptors (Lipinski definition) is 2. The normalized spacial score (nSPS) is 10.5. The molecule has 0 aliphatic rings. The number of nitrogens with two attached hydrogens (primary N) is 1. The Bertz CT molecular complexity index is 684. The topological polar surface area (TPSA) is 71.9 Å². The van der Waals surface area contributed by atoms with Crippen molar-refractivity contribution in [2.24, 2.45) is 5.73 Å². The fourth-order valence-corrected chi connectivity index (χ4v) is 2.26. The van der Waals surface area contributed by atoms with E-state index in [1.807, 2.05) is 25.1 Å². The van der Waals surface area contributed by atoms with Gasteiger partial charge in [0.15, 0.2) is 0 Å². The van der Waals surface area contributed by atoms with Gasteiger partial charge in [-0.15, -0.1) is 0 Å². The van der Waals surface area contributed by atoms with Crippen LogP contribution in [0.1, 0.15) is 25.0 Å². The number of rotatable bonds is 4. The van der Waals surface area contributed by atoms with Gasteiger partial charge in [-0.25, -0.2) is 0 Å². The highest BCUT2D eigenvalue weighted by molar-refractivity contribution is 5.94. The first kappa shape index (κ1) is 14.1. The van der Waals surface area contributed by atoms with Crippen LogP contribution in [-0.2, 0) is 13.0 Å². The van der Waals surface area contributed by atoms with Crippen LogP contribution in [-0.4, -0.2) is 10.4 Å². The van der Waals surface area contributed by atoms with Crippen molar-refractivity contribution in [1.82, 2.24) is 4.57 Å². The summed E-state index contributed by atoms with van der Waals surface area (Å²) in [5.41, 5.74) is 8.59. The first-order chi connectivity index (χ1) is 9.58. The van der Waals surface area contributed by atoms with E-state index in [4.69, 9.17) is 11.1 Å². The van der Waals surface area contributed by atoms with Crippen LogP contribution in [0.5, 0.6) is 0 Å². The number of pyridine rings is 1. The molecule has 0 atom stereocenters. The molecule has 104 valence electrons. The monoisotopic (exact) mass is 269 g/mol. The van der Waals surface area contributed by atoms with Crippen molar-refractivity contribution >= 4 is 5.84 Å². The summed E-state index contributed by atoms with van der Waals surface area (Å²) in [5.74, 6) is -0.190. The lowest BCUT2D eigenvalue weighted by Crippen LogP contribution is -2.30. The van der Waals surface area contributed by atoms with Crippen LogP contribution in [0.4, 0.5) is 0 Å². The minimum atomic E-state index is -0.211. The summed E-state index contributed by atoms with van der Waals surface area (Å²) in [6.07, 6.45) is 0.990. The molecule has 20 heavy (non-hydrogen) atoms. The highest BCUT2D eigenvalue weighted by Gasteiger charge is 2.10. The van der Waals surface area contributed by atoms with Gasteiger partial charge in [-0.05, 0) is 36.6 Å². The van der Waals surface area contributed by atoms with Crippen molar-refractivity contribution in [3.05, 3.63) is 57.9 Å². The molecule has 0 amide bonds. The molecule has 0 saturated carbocycles. The molecule has 4 nitrogen and oxygen atoms in total. The third kappa shape index (κ3) is 2.50. The van der Waals surface area contributed by atoms with Gasteiger partial charge < -0.3 is 10.3 Å². The summed E-state index contributed by atoms with van der Waals surface area (Å²) >= 11 is 0. The summed E-state index contributed by atoms with van der Waals surface area (Å²) in [4.78, 5) is 12.3. The standard InChI is InChI=1S/C16H19N3O/c1-3-11-5-7-12(8-6-11)14-10-9-13(15(17)18)16(20)19(14)4-2/h5-10H,3-4H2,1-2H3,(H3,17,18). The maximum atomic E-state index is 12.3. The highest BCUT2D eigenvalue weighted by atomic mass is 16.1. The van der Waals surface area contributed by atoms with E-state index in [1.54, 1.807) is 10.6 Å². The summed E-state index contributed by atoms with van der Waals surface area (Å²) in [7, 11) is 0. The molecule has 2 aromatic rings. The molecule has 1 heterocycles. The highest BCUT2D eigenvalue weighted by Crippen LogP contribution is 2.19. The van der Waals surface area contributed by atoms with Gasteiger partial charge >= 0.3 is 0 Å². The van der Waals surface area contributed by atoms with Crippen LogP contribution in [0.2, 0.25) is 0 Å². The lowest BCUT2D eigenvalue weighted by molar-refractivity contribution is 0.734. The van der Waals surface area contributed by atoms with Gasteiger partial charge in [-0.3, -0.25) is 10.2 Å². The molecule has 0 unspecified atom stereocenters. The Labute approximate surface area is 118 Å². The van der Waals surface area contributed by atoms with Crippen molar-refractivity contribution < 1.29 is 0 Å². The van der Waals surface area contributed by atoms with Gasteiger partial charge in [-0.2, -0.15) is 0 Å². The molecule has 0 radical (unpaired) electrons. The Hall–Kier alpha value is -2.36. The summed E-state index contributed by atoms with van der Waals surface area (Å²) < 4.78 is 1.65. The van der Waals surface area contributed by atoms with E-state index in [0.717, 1.165) is 17.7 Å². The predicted molar refractivity (Wildman–Crippen MR) is 82.2 cm³/mol. The number of hydrogen-bond donors (Lipinski definition) is 2. The number of nitrogen functional groups attached to an aromatic ring is 1. The Kier molecular flexibility index (Phi) is 4.03. The van der Waals surface area contributed by atoms with E-state index in [1.165, 1.54) is 5.56 Å². The molecule has 3 N–H and O–H groups in total. The molecule has 0 aliphatic carbocycles. The predicted octanol–water partition coefficient (Wildman–Crippen LogP) is 2.38. The molecule has 0 fully saturated rings. The maximum Gasteiger partial charge on any atom is 0.261 e. The molecule has 0 saturated heterocycles. The molecule has 1 aromatic heterocycles. The first-order valence-electron chi connectivity index (χ1n) is 6.76. The fraction of sp³-hybridized carbons (Fsp3) is 0.250. The summed E-state index contributed by atoms with van der Waals surface area (Å²) in [5, 5.41) is 7.44. The van der Waals surface area contributed by atoms with Crippen molar-refractivity contribution in [2.45, 2.75) is 26.8 Å². The van der Waals surface area contributed by atoms with Crippen molar-refractivity contribution in [3.63, 3.8) is 0 Å². The second kappa shape index (κ2) is 5.74. The average Bonchev–Trinajstić information content (AvgIpc) is 2.46. The molecular weight excluding hydrogens is 250 g/mol. The van der Waals surface area contributed by atoms with Gasteiger partial charge in [0.2, 0.25) is 0 Å². The zero-order valence-corrected chi connectivity index (χ0v) is 11.8. The largest absolute Gasteiger partial charge is 0.384 e. The van der Waals surface area contributed by atoms with Crippen molar-refractivity contribution in [3.8, 4) is 11.3 Å². The van der Waals surface area contributed by atoms with Gasteiger partial charge in [0, 0.05) is 6.54 Å². The molecule has 0 aliphatic heterocycles. The van der Waals surface area contributed by atoms with Gasteiger partial charge in [0.25, 0.3) is 5.56 Å². The molecule has 0 spiro atoms. The number of amidine groups is 1. The number of nitrogens with one attached hydrogen (secondary N) is 1. The summed E-state index contributed by atoms with van der Waals surface area (Å²) in [6, 6.07) is 11.7. The third-order valence-corrected chi connectivity index (χ3v) is 3.44. The van der Waals surface area contributed by atoms with Crippen molar-refractivity contribution in [1.29, 1.82) is 5.41 Å². The zero-order chi connectivity index (χ0) is 14.7. The first-order valence-corrected chi connectivity index (χ1v) is 6.76. The van der Waals surface area contributed by atoms with E-state index < -0.39 is 0 Å². The minimum Gasteiger partial charge on any atom is -0.384 e. The number of aromatic nitrogens is 1. The molecular formula is C16H19N3O. The number of benzene rings is 1. The molecule has 0 bridgehead atoms. The zero-order valence-electron chi connectivity index (χ0n) is 11.8. The second-order valence-corrected chi connectivity index (χ2v) is 4.65. The Morgan fingerprint density at radius 3 is 2.30 bits per heavy atom. The number of nitrogens with zero attached hydrogens (tertiary/aromatic N) is 1. The van der Waals surface area contributed by atoms with Gasteiger partial charge in [0.1, 0.15) is 5.84 Å². The fourth-order valence-electron chi connectivity index (χ4n) is 2.26. The Balaban J connectivity index is 2.59. The number of aryl methyl sites for hydroxylation is 1. The molecule has 4 heteroatoms. The van der Waals surface area contributed by atoms with Crippen LogP contribution in [0.25, 0.3) is 11.3 Å². The Morgan fingerprint density at radius 2 is 1.80 bits per heavy atom. The van der Waals surface area contributed by atoms with Crippen LogP contribution < -0.4 is 11.3 Å². The SMILES string of the molecule is CCc1ccc(-c2ccc(C(=N)N)c(=O)n2CC)cc1. The van der Waals surface area contributed by atoms with E-state index >= 15 is 0 Å². The second-order valence-electron chi connectivity index (χ2n) is 4.65. The lowest BCUT2D eigenvalue weighted by Gasteiger charge is -2.13. The van der Waals surface area contributed by atoms with E-state index in [9.17, 15) is 4.79 Å². The summed E-state index contributed by atoms with van der Waals surface area (Å²) in [6.45, 7) is 4.57. The maximum absolute atomic E-state index is 12.3. The van der Waals surface area contributed by atoms with E-state index in [2.05, 4.69) is 19.1 Å². The van der Waals surface area contributed by atoms with E-state index in [0.29, 0.717) is 6.54 Å². The van der Waals surface area contributed by atoms with Gasteiger partial charge in [0.05, 0.1) is 11.3 Å². The smallest absolute Gasteiger partial charge is 0.261 e. The van der Waals surface area contributed by atoms with Crippen LogP contribution in [0.3, 0.4) is 0 Å².